The highest BCUT2D eigenvalue weighted by Gasteiger charge is 2.24. The lowest BCUT2D eigenvalue weighted by molar-refractivity contribution is -0.385. The van der Waals surface area contributed by atoms with Crippen LogP contribution in [0.2, 0.25) is 0 Å². The smallest absolute Gasteiger partial charge is 0.310 e. The number of ether oxygens (including phenoxy) is 1. The second-order valence-electron chi connectivity index (χ2n) is 3.95. The highest BCUT2D eigenvalue weighted by molar-refractivity contribution is 9.08. The van der Waals surface area contributed by atoms with Gasteiger partial charge in [-0.3, -0.25) is 10.1 Å². The van der Waals surface area contributed by atoms with Crippen LogP contribution in [0.15, 0.2) is 18.2 Å². The van der Waals surface area contributed by atoms with Crippen molar-refractivity contribution in [1.82, 2.24) is 0 Å². The Morgan fingerprint density at radius 2 is 2.25 bits per heavy atom. The van der Waals surface area contributed by atoms with Crippen molar-refractivity contribution in [3.8, 4) is 5.75 Å². The fraction of sp³-hybridized carbons (Fsp3) is 0.455. The van der Waals surface area contributed by atoms with Crippen LogP contribution in [0.25, 0.3) is 0 Å². The van der Waals surface area contributed by atoms with Crippen molar-refractivity contribution in [3.63, 3.8) is 0 Å². The van der Waals surface area contributed by atoms with Crippen molar-refractivity contribution < 1.29 is 9.66 Å². The molecular formula is C11H12BrNO3. The van der Waals surface area contributed by atoms with Crippen LogP contribution < -0.4 is 4.74 Å². The molecule has 0 radical (unpaired) electrons. The Morgan fingerprint density at radius 1 is 1.50 bits per heavy atom. The van der Waals surface area contributed by atoms with E-state index < -0.39 is 4.92 Å². The maximum Gasteiger partial charge on any atom is 0.310 e. The zero-order chi connectivity index (χ0) is 11.5. The van der Waals surface area contributed by atoms with Crippen LogP contribution in [0.5, 0.6) is 5.75 Å². The van der Waals surface area contributed by atoms with Crippen LogP contribution in [0.4, 0.5) is 5.69 Å². The van der Waals surface area contributed by atoms with Crippen molar-refractivity contribution >= 4 is 21.6 Å². The molecule has 0 bridgehead atoms. The van der Waals surface area contributed by atoms with Crippen molar-refractivity contribution in [2.45, 2.75) is 18.2 Å². The number of hydrogen-bond acceptors (Lipinski definition) is 3. The number of nitro groups is 1. The Balaban J connectivity index is 2.18. The summed E-state index contributed by atoms with van der Waals surface area (Å²) < 4.78 is 5.50. The van der Waals surface area contributed by atoms with E-state index in [-0.39, 0.29) is 5.69 Å². The number of benzene rings is 1. The standard InChI is InChI=1S/C11H12BrNO3/c12-6-9-3-4-10(13(14)15)11(5-9)16-7-8-1-2-8/h3-5,8H,1-2,6-7H2. The molecular weight excluding hydrogens is 274 g/mol. The number of halogens is 1. The van der Waals surface area contributed by atoms with Crippen LogP contribution in [0, 0.1) is 16.0 Å². The second kappa shape index (κ2) is 4.82. The van der Waals surface area contributed by atoms with E-state index in [1.54, 1.807) is 12.1 Å². The van der Waals surface area contributed by atoms with Crippen molar-refractivity contribution in [3.05, 3.63) is 33.9 Å². The summed E-state index contributed by atoms with van der Waals surface area (Å²) in [6.45, 7) is 0.590. The van der Waals surface area contributed by atoms with Gasteiger partial charge in [-0.1, -0.05) is 22.0 Å². The summed E-state index contributed by atoms with van der Waals surface area (Å²) >= 11 is 3.32. The molecule has 1 aliphatic rings. The normalized spacial score (nSPS) is 14.8. The topological polar surface area (TPSA) is 52.4 Å². The Kier molecular flexibility index (Phi) is 3.43. The number of nitrogens with zero attached hydrogens (tertiary/aromatic N) is 1. The molecule has 0 heterocycles. The summed E-state index contributed by atoms with van der Waals surface area (Å²) in [5, 5.41) is 11.5. The molecule has 1 aromatic carbocycles. The first-order valence-corrected chi connectivity index (χ1v) is 6.29. The summed E-state index contributed by atoms with van der Waals surface area (Å²) in [7, 11) is 0. The third-order valence-corrected chi connectivity index (χ3v) is 3.19. The van der Waals surface area contributed by atoms with Crippen molar-refractivity contribution in [2.75, 3.05) is 6.61 Å². The van der Waals surface area contributed by atoms with Gasteiger partial charge in [-0.2, -0.15) is 0 Å². The zero-order valence-electron chi connectivity index (χ0n) is 8.69. The molecule has 0 N–H and O–H groups in total. The molecule has 1 aromatic rings. The van der Waals surface area contributed by atoms with Crippen LogP contribution in [0.1, 0.15) is 18.4 Å². The van der Waals surface area contributed by atoms with E-state index in [1.165, 1.54) is 18.9 Å². The molecule has 1 saturated carbocycles. The molecule has 0 unspecified atom stereocenters. The maximum absolute atomic E-state index is 10.8. The minimum Gasteiger partial charge on any atom is -0.487 e. The van der Waals surface area contributed by atoms with Gasteiger partial charge in [0, 0.05) is 11.4 Å². The van der Waals surface area contributed by atoms with Gasteiger partial charge in [0.05, 0.1) is 11.5 Å². The molecule has 16 heavy (non-hydrogen) atoms. The Hall–Kier alpha value is -1.10. The molecule has 86 valence electrons. The minimum atomic E-state index is -0.403. The second-order valence-corrected chi connectivity index (χ2v) is 4.51. The SMILES string of the molecule is O=[N+]([O-])c1ccc(CBr)cc1OCC1CC1. The lowest BCUT2D eigenvalue weighted by Crippen LogP contribution is -2.02. The highest BCUT2D eigenvalue weighted by Crippen LogP contribution is 2.33. The van der Waals surface area contributed by atoms with Gasteiger partial charge >= 0.3 is 5.69 Å². The highest BCUT2D eigenvalue weighted by atomic mass is 79.9. The van der Waals surface area contributed by atoms with Crippen LogP contribution in [0.3, 0.4) is 0 Å². The van der Waals surface area contributed by atoms with Crippen molar-refractivity contribution in [2.24, 2.45) is 5.92 Å². The molecule has 5 heteroatoms. The fourth-order valence-corrected chi connectivity index (χ4v) is 1.75. The molecule has 0 spiro atoms. The summed E-state index contributed by atoms with van der Waals surface area (Å²) in [6.07, 6.45) is 2.35. The number of hydrogen-bond donors (Lipinski definition) is 0. The molecule has 0 amide bonds. The fourth-order valence-electron chi connectivity index (χ4n) is 1.40. The predicted octanol–water partition coefficient (Wildman–Crippen LogP) is 3.28. The van der Waals surface area contributed by atoms with Gasteiger partial charge in [-0.05, 0) is 30.4 Å². The van der Waals surface area contributed by atoms with Gasteiger partial charge in [0.15, 0.2) is 5.75 Å². The minimum absolute atomic E-state index is 0.0466. The molecule has 0 aromatic heterocycles. The lowest BCUT2D eigenvalue weighted by Gasteiger charge is -2.07. The van der Waals surface area contributed by atoms with Crippen LogP contribution in [-0.4, -0.2) is 11.5 Å². The average Bonchev–Trinajstić information content (AvgIpc) is 3.09. The maximum atomic E-state index is 10.8. The molecule has 0 aliphatic heterocycles. The summed E-state index contributed by atoms with van der Waals surface area (Å²) in [6, 6.07) is 4.96. The van der Waals surface area contributed by atoms with E-state index in [4.69, 9.17) is 4.74 Å². The first-order chi connectivity index (χ1) is 7.70. The first kappa shape index (κ1) is 11.4. The zero-order valence-corrected chi connectivity index (χ0v) is 10.3. The summed E-state index contributed by atoms with van der Waals surface area (Å²) in [5.41, 5.74) is 1.03. The lowest BCUT2D eigenvalue weighted by atomic mass is 10.2. The summed E-state index contributed by atoms with van der Waals surface area (Å²) in [5.74, 6) is 0.973. The van der Waals surface area contributed by atoms with Crippen molar-refractivity contribution in [1.29, 1.82) is 0 Å². The van der Waals surface area contributed by atoms with Gasteiger partial charge in [-0.25, -0.2) is 0 Å². The van der Waals surface area contributed by atoms with Gasteiger partial charge in [0.1, 0.15) is 0 Å². The van der Waals surface area contributed by atoms with Gasteiger partial charge in [-0.15, -0.1) is 0 Å². The Morgan fingerprint density at radius 3 is 2.81 bits per heavy atom. The Labute approximate surface area is 102 Å². The molecule has 0 saturated heterocycles. The van der Waals surface area contributed by atoms with E-state index in [1.807, 2.05) is 0 Å². The first-order valence-electron chi connectivity index (χ1n) is 5.17. The van der Waals surface area contributed by atoms with E-state index in [2.05, 4.69) is 15.9 Å². The summed E-state index contributed by atoms with van der Waals surface area (Å²) in [4.78, 5) is 10.4. The number of rotatable bonds is 5. The monoisotopic (exact) mass is 285 g/mol. The third-order valence-electron chi connectivity index (χ3n) is 2.55. The quantitative estimate of drug-likeness (QED) is 0.474. The van der Waals surface area contributed by atoms with Crippen LogP contribution in [-0.2, 0) is 5.33 Å². The third kappa shape index (κ3) is 2.72. The van der Waals surface area contributed by atoms with Gasteiger partial charge in [0.25, 0.3) is 0 Å². The van der Waals surface area contributed by atoms with Gasteiger partial charge < -0.3 is 4.74 Å². The van der Waals surface area contributed by atoms with Crippen LogP contribution >= 0.6 is 15.9 Å². The molecule has 1 aliphatic carbocycles. The van der Waals surface area contributed by atoms with E-state index in [9.17, 15) is 10.1 Å². The van der Waals surface area contributed by atoms with Gasteiger partial charge in [0.2, 0.25) is 0 Å². The number of nitro benzene ring substituents is 1. The average molecular weight is 286 g/mol. The number of alkyl halides is 1. The molecule has 1 fully saturated rings. The van der Waals surface area contributed by atoms with E-state index in [0.29, 0.717) is 23.6 Å². The molecule has 0 atom stereocenters. The van der Waals surface area contributed by atoms with E-state index >= 15 is 0 Å². The predicted molar refractivity (Wildman–Crippen MR) is 63.9 cm³/mol. The van der Waals surface area contributed by atoms with E-state index in [0.717, 1.165) is 5.56 Å². The largest absolute Gasteiger partial charge is 0.487 e. The molecule has 4 nitrogen and oxygen atoms in total. The Bertz CT molecular complexity index is 404. The molecule has 2 rings (SSSR count).